The Morgan fingerprint density at radius 2 is 0.576 bits per heavy atom. The Morgan fingerprint density at radius 3 is 1.07 bits per heavy atom. The molecule has 0 fully saturated rings. The van der Waals surface area contributed by atoms with E-state index in [1.54, 1.807) is 0 Å². The minimum Gasteiger partial charge on any atom is -0.355 e. The van der Waals surface area contributed by atoms with E-state index in [2.05, 4.69) is 477 Å². The largest absolute Gasteiger partial charge is 0.355 e. The van der Waals surface area contributed by atoms with Gasteiger partial charge in [0.2, 0.25) is 0 Å². The number of para-hydroxylation sites is 9. The SMILES string of the molecule is CC1(C)c2cc(Br)ccc2-c2ccc(Br)c3cccc1c23.CC1(C)c2cc(N(c3ccccc3)c3cccc(-n4c5ccccc5c5ccccc54)c3)ccc2-c2ccc(N(c3ccccc3)c3cccc(-n4c5ccccc5c5ccccc54)c3)c3cccc1c23.c1ccc(Nc2cccc(-n3c4ccccc4c4ccccc43)c2)cc1. The summed E-state index contributed by atoms with van der Waals surface area (Å²) in [5.74, 6) is 0. The standard InChI is InChI=1S/C67H48N4.C24H18N2.C19H14Br2/c1-67(2)59-33-19-32-58-65(69(46-22-7-4-8-23-46)48-25-18-27-50(43-48)71-63-36-15-11-30-55(63)56-31-12-16-37-64(56)71)41-40-57(66(58)59)52-39-38-51(44-60(52)67)68(45-20-5-3-6-21-45)47-24-17-26-49(42-47)70-61-34-13-9-28-53(61)54-29-10-14-35-62(54)70;1-2-9-18(10-3-1)25-19-11-8-12-20(17-19)26-23-15-6-4-13-21(23)22-14-5-7-16-24(22)26;1-19(2)15-5-3-4-14-17(21)9-8-13(18(14)15)12-7-6-11(20)10-16(12)19/h3-44H,1-2H3;1-17,25H;3-10H,1-2H3. The van der Waals surface area contributed by atoms with E-state index in [1.807, 2.05) is 18.2 Å². The Balaban J connectivity index is 0.000000148. The summed E-state index contributed by atoms with van der Waals surface area (Å²) < 4.78 is 9.45. The molecular weight excluding hydrogens is 1570 g/mol. The van der Waals surface area contributed by atoms with Crippen LogP contribution < -0.4 is 15.1 Å². The molecule has 0 radical (unpaired) electrons. The van der Waals surface area contributed by atoms with Crippen LogP contribution in [-0.4, -0.2) is 13.7 Å². The van der Waals surface area contributed by atoms with Gasteiger partial charge in [-0.25, -0.2) is 0 Å². The number of rotatable bonds is 11. The molecule has 0 amide bonds. The maximum atomic E-state index is 3.70. The zero-order valence-corrected chi connectivity index (χ0v) is 68.8. The van der Waals surface area contributed by atoms with Crippen LogP contribution in [0.25, 0.3) is 126 Å². The van der Waals surface area contributed by atoms with Crippen molar-refractivity contribution in [2.45, 2.75) is 38.5 Å². The van der Waals surface area contributed by atoms with E-state index in [0.717, 1.165) is 67.0 Å². The Bertz CT molecular complexity index is 7360. The molecule has 0 saturated carbocycles. The van der Waals surface area contributed by atoms with Gasteiger partial charge in [-0.05, 0) is 224 Å². The number of nitrogens with zero attached hydrogens (tertiary/aromatic N) is 5. The normalized spacial score (nSPS) is 12.8. The van der Waals surface area contributed by atoms with Crippen molar-refractivity contribution in [1.82, 2.24) is 13.7 Å². The van der Waals surface area contributed by atoms with Crippen LogP contribution in [0.1, 0.15) is 49.9 Å². The summed E-state index contributed by atoms with van der Waals surface area (Å²) in [4.78, 5) is 4.86. The Morgan fingerprint density at radius 1 is 0.237 bits per heavy atom. The maximum Gasteiger partial charge on any atom is 0.0541 e. The summed E-state index contributed by atoms with van der Waals surface area (Å²) in [6.07, 6.45) is 0. The van der Waals surface area contributed by atoms with Crippen molar-refractivity contribution in [3.8, 4) is 39.3 Å². The second kappa shape index (κ2) is 29.2. The molecule has 0 aliphatic heterocycles. The van der Waals surface area contributed by atoms with Crippen molar-refractivity contribution < 1.29 is 0 Å². The van der Waals surface area contributed by atoms with Crippen LogP contribution in [0.4, 0.5) is 45.5 Å². The van der Waals surface area contributed by atoms with Crippen LogP contribution in [0.15, 0.2) is 415 Å². The van der Waals surface area contributed by atoms with E-state index < -0.39 is 0 Å². The molecule has 8 heteroatoms. The van der Waals surface area contributed by atoms with Crippen molar-refractivity contribution >= 4 is 164 Å². The molecule has 0 spiro atoms. The van der Waals surface area contributed by atoms with Crippen molar-refractivity contribution in [3.05, 3.63) is 438 Å². The summed E-state index contributed by atoms with van der Waals surface area (Å²) in [7, 11) is 0. The van der Waals surface area contributed by atoms with Gasteiger partial charge in [0.05, 0.1) is 38.8 Å². The van der Waals surface area contributed by atoms with Crippen LogP contribution in [0, 0.1) is 0 Å². The number of nitrogens with one attached hydrogen (secondary N) is 1. The Labute approximate surface area is 703 Å². The second-order valence-electron chi connectivity index (χ2n) is 31.9. The molecule has 0 unspecified atom stereocenters. The van der Waals surface area contributed by atoms with E-state index >= 15 is 0 Å². The van der Waals surface area contributed by atoms with Gasteiger partial charge < -0.3 is 28.8 Å². The molecule has 21 aromatic rings. The molecule has 1 N–H and O–H groups in total. The molecule has 3 heterocycles. The summed E-state index contributed by atoms with van der Waals surface area (Å²) in [6.45, 7) is 9.44. The fraction of sp³-hybridized carbons (Fsp3) is 0.0545. The summed E-state index contributed by atoms with van der Waals surface area (Å²) in [6, 6.07) is 147. The zero-order valence-electron chi connectivity index (χ0n) is 65.7. The lowest BCUT2D eigenvalue weighted by atomic mass is 9.68. The highest BCUT2D eigenvalue weighted by atomic mass is 79.9. The first kappa shape index (κ1) is 72.0. The van der Waals surface area contributed by atoms with Gasteiger partial charge in [-0.3, -0.25) is 0 Å². The second-order valence-corrected chi connectivity index (χ2v) is 33.7. The molecule has 6 nitrogen and oxygen atoms in total. The molecule has 18 aromatic carbocycles. The molecule has 23 rings (SSSR count). The summed E-state index contributed by atoms with van der Waals surface area (Å²) >= 11 is 7.32. The average Bonchev–Trinajstić information content (AvgIpc) is 1.10. The van der Waals surface area contributed by atoms with Crippen LogP contribution in [0.2, 0.25) is 0 Å². The molecule has 0 atom stereocenters. The predicted molar refractivity (Wildman–Crippen MR) is 507 cm³/mol. The molecule has 118 heavy (non-hydrogen) atoms. The zero-order chi connectivity index (χ0) is 79.3. The number of fused-ring (bicyclic) bond motifs is 13. The van der Waals surface area contributed by atoms with Crippen LogP contribution in [0.5, 0.6) is 0 Å². The monoisotopic (exact) mass is 1640 g/mol. The van der Waals surface area contributed by atoms with Gasteiger partial charge in [-0.15, -0.1) is 0 Å². The third-order valence-corrected chi connectivity index (χ3v) is 25.6. The smallest absolute Gasteiger partial charge is 0.0541 e. The van der Waals surface area contributed by atoms with Gasteiger partial charge in [0, 0.05) is 114 Å². The van der Waals surface area contributed by atoms with Gasteiger partial charge in [-0.1, -0.05) is 302 Å². The number of benzene rings is 18. The van der Waals surface area contributed by atoms with Crippen molar-refractivity contribution in [2.75, 3.05) is 15.1 Å². The molecule has 0 bridgehead atoms. The summed E-state index contributed by atoms with van der Waals surface area (Å²) in [5.41, 5.74) is 29.8. The summed E-state index contributed by atoms with van der Waals surface area (Å²) in [5, 5.41) is 16.3. The predicted octanol–water partition coefficient (Wildman–Crippen LogP) is 31.5. The van der Waals surface area contributed by atoms with Gasteiger partial charge in [0.15, 0.2) is 0 Å². The molecular formula is C110H80Br2N6. The first-order chi connectivity index (χ1) is 57.9. The highest BCUT2D eigenvalue weighted by Crippen LogP contribution is 2.55. The van der Waals surface area contributed by atoms with Gasteiger partial charge >= 0.3 is 0 Å². The van der Waals surface area contributed by atoms with Crippen LogP contribution >= 0.6 is 31.9 Å². The lowest BCUT2D eigenvalue weighted by molar-refractivity contribution is 0.644. The van der Waals surface area contributed by atoms with E-state index in [9.17, 15) is 0 Å². The minimum absolute atomic E-state index is 0.00637. The van der Waals surface area contributed by atoms with Crippen LogP contribution in [0.3, 0.4) is 0 Å². The molecule has 2 aliphatic rings. The number of hydrogen-bond acceptors (Lipinski definition) is 3. The third-order valence-electron chi connectivity index (χ3n) is 24.4. The van der Waals surface area contributed by atoms with E-state index in [0.29, 0.717) is 0 Å². The van der Waals surface area contributed by atoms with E-state index in [4.69, 9.17) is 0 Å². The first-order valence-electron chi connectivity index (χ1n) is 40.4. The number of aromatic nitrogens is 3. The molecule has 3 aromatic heterocycles. The minimum atomic E-state index is -0.322. The van der Waals surface area contributed by atoms with E-state index in [-0.39, 0.29) is 10.8 Å². The lowest BCUT2D eigenvalue weighted by Crippen LogP contribution is -2.24. The number of anilines is 8. The third kappa shape index (κ3) is 12.1. The fourth-order valence-corrected chi connectivity index (χ4v) is 19.8. The molecule has 0 saturated heterocycles. The van der Waals surface area contributed by atoms with Gasteiger partial charge in [0.1, 0.15) is 0 Å². The molecule has 564 valence electrons. The van der Waals surface area contributed by atoms with Crippen molar-refractivity contribution in [3.63, 3.8) is 0 Å². The highest BCUT2D eigenvalue weighted by Gasteiger charge is 2.37. The maximum absolute atomic E-state index is 3.70. The average molecular weight is 1650 g/mol. The highest BCUT2D eigenvalue weighted by molar-refractivity contribution is 9.11. The van der Waals surface area contributed by atoms with Gasteiger partial charge in [-0.2, -0.15) is 0 Å². The van der Waals surface area contributed by atoms with Crippen LogP contribution in [-0.2, 0) is 10.8 Å². The van der Waals surface area contributed by atoms with Crippen molar-refractivity contribution in [1.29, 1.82) is 0 Å². The first-order valence-corrected chi connectivity index (χ1v) is 42.0. The van der Waals surface area contributed by atoms with E-state index in [1.165, 1.54) is 136 Å². The number of hydrogen-bond donors (Lipinski definition) is 1. The molecule has 2 aliphatic carbocycles. The van der Waals surface area contributed by atoms with Crippen molar-refractivity contribution in [2.24, 2.45) is 0 Å². The lowest BCUT2D eigenvalue weighted by Gasteiger charge is -2.37. The Kier molecular flexibility index (Phi) is 17.8. The fourth-order valence-electron chi connectivity index (χ4n) is 19.0. The number of halogens is 2. The topological polar surface area (TPSA) is 33.3 Å². The quantitative estimate of drug-likeness (QED) is 0.140. The van der Waals surface area contributed by atoms with Gasteiger partial charge in [0.25, 0.3) is 0 Å². The Hall–Kier alpha value is -13.8.